The number of esters is 2. The zero-order chi connectivity index (χ0) is 24.8. The highest BCUT2D eigenvalue weighted by Crippen LogP contribution is 2.66. The van der Waals surface area contributed by atoms with Crippen LogP contribution in [0, 0.1) is 6.92 Å². The maximum absolute atomic E-state index is 12.9. The summed E-state index contributed by atoms with van der Waals surface area (Å²) in [6.07, 6.45) is 1.90. The minimum absolute atomic E-state index is 0.0828. The average Bonchev–Trinajstić information content (AvgIpc) is 3.18. The molecular weight excluding hydrogens is 490 g/mol. The Morgan fingerprint density at radius 2 is 1.68 bits per heavy atom. The van der Waals surface area contributed by atoms with Crippen molar-refractivity contribution < 1.29 is 23.9 Å². The number of ether oxygens (including phenoxy) is 2. The fourth-order valence-electron chi connectivity index (χ4n) is 4.47. The lowest BCUT2D eigenvalue weighted by Gasteiger charge is -2.49. The zero-order valence-corrected chi connectivity index (χ0v) is 22.5. The van der Waals surface area contributed by atoms with Crippen LogP contribution in [0.3, 0.4) is 0 Å². The van der Waals surface area contributed by atoms with Gasteiger partial charge in [0, 0.05) is 23.0 Å². The van der Waals surface area contributed by atoms with Crippen LogP contribution in [0.2, 0.25) is 0 Å². The number of hydrogen-bond donors (Lipinski definition) is 0. The van der Waals surface area contributed by atoms with Gasteiger partial charge in [0.2, 0.25) is 5.91 Å². The molecule has 0 saturated heterocycles. The predicted molar refractivity (Wildman–Crippen MR) is 140 cm³/mol. The molecule has 0 aliphatic carbocycles. The summed E-state index contributed by atoms with van der Waals surface area (Å²) in [5, 5.41) is 1.81. The first-order valence-electron chi connectivity index (χ1n) is 11.0. The number of thioether (sulfide) groups is 3. The molecule has 0 fully saturated rings. The van der Waals surface area contributed by atoms with Crippen LogP contribution in [-0.4, -0.2) is 40.7 Å². The van der Waals surface area contributed by atoms with Gasteiger partial charge in [-0.2, -0.15) is 0 Å². The number of anilines is 1. The second-order valence-corrected chi connectivity index (χ2v) is 12.3. The van der Waals surface area contributed by atoms with Gasteiger partial charge < -0.3 is 14.4 Å². The molecule has 1 aromatic carbocycles. The van der Waals surface area contributed by atoms with Crippen molar-refractivity contribution in [1.29, 1.82) is 0 Å². The highest BCUT2D eigenvalue weighted by atomic mass is 32.2. The molecule has 1 unspecified atom stereocenters. The van der Waals surface area contributed by atoms with Crippen molar-refractivity contribution in [2.24, 2.45) is 0 Å². The lowest BCUT2D eigenvalue weighted by Crippen LogP contribution is -2.52. The van der Waals surface area contributed by atoms with Crippen molar-refractivity contribution in [2.75, 3.05) is 18.1 Å². The third kappa shape index (κ3) is 4.01. The van der Waals surface area contributed by atoms with Crippen LogP contribution in [0.5, 0.6) is 0 Å². The van der Waals surface area contributed by atoms with Gasteiger partial charge in [-0.25, -0.2) is 9.59 Å². The summed E-state index contributed by atoms with van der Waals surface area (Å²) in [5.74, 6) is -0.877. The first-order valence-corrected chi connectivity index (χ1v) is 13.6. The van der Waals surface area contributed by atoms with Gasteiger partial charge in [-0.3, -0.25) is 4.79 Å². The molecule has 9 heteroatoms. The van der Waals surface area contributed by atoms with E-state index >= 15 is 0 Å². The van der Waals surface area contributed by atoms with Crippen LogP contribution in [0.4, 0.5) is 5.69 Å². The van der Waals surface area contributed by atoms with Gasteiger partial charge in [0.1, 0.15) is 8.98 Å². The monoisotopic (exact) mass is 517 g/mol. The molecule has 0 bridgehead atoms. The number of carbonyl (C=O) groups excluding carboxylic acids is 3. The largest absolute Gasteiger partial charge is 0.462 e. The molecule has 3 aliphatic rings. The standard InChI is InChI=1S/C25H27NO5S3/c1-7-30-22(28)18-12-25(32-13-19(34-25)23(29)31-8-2)20-16-11-14(3)9-10-17(16)26(15(4)27)24(5,6)21(20)33-18/h9-13H,7-8H2,1-6H3. The second-order valence-electron chi connectivity index (χ2n) is 8.56. The lowest BCUT2D eigenvalue weighted by atomic mass is 9.84. The van der Waals surface area contributed by atoms with Crippen LogP contribution in [0.15, 0.2) is 44.4 Å². The topological polar surface area (TPSA) is 72.9 Å². The number of aryl methyl sites for hydroxylation is 1. The number of fused-ring (bicyclic) bond motifs is 3. The summed E-state index contributed by atoms with van der Waals surface area (Å²) >= 11 is 4.20. The number of benzene rings is 1. The van der Waals surface area contributed by atoms with Gasteiger partial charge in [0.25, 0.3) is 0 Å². The Kier molecular flexibility index (Phi) is 6.74. The molecule has 3 aliphatic heterocycles. The summed E-state index contributed by atoms with van der Waals surface area (Å²) in [6, 6.07) is 6.05. The first-order chi connectivity index (χ1) is 16.1. The smallest absolute Gasteiger partial charge is 0.345 e. The normalized spacial score (nSPS) is 22.6. The van der Waals surface area contributed by atoms with E-state index in [1.165, 1.54) is 35.3 Å². The van der Waals surface area contributed by atoms with Crippen molar-refractivity contribution in [2.45, 2.75) is 51.2 Å². The summed E-state index contributed by atoms with van der Waals surface area (Å²) in [4.78, 5) is 42.0. The van der Waals surface area contributed by atoms with E-state index in [1.807, 2.05) is 44.4 Å². The summed E-state index contributed by atoms with van der Waals surface area (Å²) in [5.41, 5.74) is 3.08. The third-order valence-corrected chi connectivity index (χ3v) is 10.0. The molecule has 6 nitrogen and oxygen atoms in total. The van der Waals surface area contributed by atoms with E-state index in [2.05, 4.69) is 6.07 Å². The van der Waals surface area contributed by atoms with E-state index in [4.69, 9.17) is 9.47 Å². The minimum Gasteiger partial charge on any atom is -0.462 e. The van der Waals surface area contributed by atoms with E-state index in [0.29, 0.717) is 9.81 Å². The van der Waals surface area contributed by atoms with Crippen LogP contribution in [0.1, 0.15) is 45.7 Å². The van der Waals surface area contributed by atoms with Crippen LogP contribution in [0.25, 0.3) is 5.57 Å². The fraction of sp³-hybridized carbons (Fsp3) is 0.400. The maximum Gasteiger partial charge on any atom is 0.345 e. The molecule has 180 valence electrons. The van der Waals surface area contributed by atoms with Gasteiger partial charge in [-0.05, 0) is 58.2 Å². The maximum atomic E-state index is 12.9. The highest BCUT2D eigenvalue weighted by Gasteiger charge is 2.53. The molecule has 1 aromatic rings. The molecular formula is C25H27NO5S3. The SMILES string of the molecule is CCOC(=O)C1=CC2(SC=C(C(=O)OCC)S2)C2=C(S1)C(C)(C)N(C(C)=O)c1ccc(C)cc12. The Balaban J connectivity index is 1.96. The van der Waals surface area contributed by atoms with Crippen LogP contribution >= 0.6 is 35.3 Å². The van der Waals surface area contributed by atoms with Crippen molar-refractivity contribution >= 4 is 64.4 Å². The Bertz CT molecular complexity index is 1180. The lowest BCUT2D eigenvalue weighted by molar-refractivity contribution is -0.138. The third-order valence-electron chi connectivity index (χ3n) is 5.76. The quantitative estimate of drug-likeness (QED) is 0.476. The van der Waals surface area contributed by atoms with E-state index in [-0.39, 0.29) is 25.1 Å². The molecule has 0 radical (unpaired) electrons. The van der Waals surface area contributed by atoms with E-state index < -0.39 is 15.6 Å². The zero-order valence-electron chi connectivity index (χ0n) is 20.0. The molecule has 0 N–H and O–H groups in total. The summed E-state index contributed by atoms with van der Waals surface area (Å²) in [7, 11) is 0. The second kappa shape index (κ2) is 9.17. The molecule has 1 spiro atoms. The average molecular weight is 518 g/mol. The Morgan fingerprint density at radius 1 is 1.03 bits per heavy atom. The molecule has 3 heterocycles. The van der Waals surface area contributed by atoms with E-state index in [9.17, 15) is 14.4 Å². The van der Waals surface area contributed by atoms with Crippen molar-refractivity contribution in [1.82, 2.24) is 0 Å². The number of carbonyl (C=O) groups is 3. The van der Waals surface area contributed by atoms with Crippen molar-refractivity contribution in [3.8, 4) is 0 Å². The molecule has 0 saturated carbocycles. The minimum atomic E-state index is -0.770. The summed E-state index contributed by atoms with van der Waals surface area (Å²) < 4.78 is 9.84. The Morgan fingerprint density at radius 3 is 2.29 bits per heavy atom. The van der Waals surface area contributed by atoms with Crippen molar-refractivity contribution in [3.05, 3.63) is 55.5 Å². The molecule has 34 heavy (non-hydrogen) atoms. The van der Waals surface area contributed by atoms with Crippen LogP contribution < -0.4 is 4.90 Å². The van der Waals surface area contributed by atoms with Crippen LogP contribution in [-0.2, 0) is 23.9 Å². The predicted octanol–water partition coefficient (Wildman–Crippen LogP) is 5.63. The summed E-state index contributed by atoms with van der Waals surface area (Å²) in [6.45, 7) is 11.6. The van der Waals surface area contributed by atoms with Gasteiger partial charge in [0.15, 0.2) is 0 Å². The van der Waals surface area contributed by atoms with Gasteiger partial charge >= 0.3 is 11.9 Å². The van der Waals surface area contributed by atoms with E-state index in [1.54, 1.807) is 25.7 Å². The van der Waals surface area contributed by atoms with Gasteiger partial charge in [0.05, 0.1) is 29.3 Å². The first kappa shape index (κ1) is 25.0. The number of hydrogen-bond acceptors (Lipinski definition) is 8. The van der Waals surface area contributed by atoms with Gasteiger partial charge in [-0.15, -0.1) is 11.8 Å². The molecule has 1 atom stereocenters. The van der Waals surface area contributed by atoms with Crippen molar-refractivity contribution in [3.63, 3.8) is 0 Å². The number of rotatable bonds is 4. The van der Waals surface area contributed by atoms with E-state index in [0.717, 1.165) is 27.3 Å². The number of nitrogens with zero attached hydrogens (tertiary/aromatic N) is 1. The highest BCUT2D eigenvalue weighted by molar-refractivity contribution is 8.25. The molecule has 0 aromatic heterocycles. The fourth-order valence-corrected chi connectivity index (χ4v) is 8.85. The molecule has 4 rings (SSSR count). The number of amides is 1. The molecule has 1 amide bonds. The Labute approximate surface area is 212 Å². The Hall–Kier alpha value is -2.10. The van der Waals surface area contributed by atoms with Gasteiger partial charge in [-0.1, -0.05) is 35.2 Å².